The van der Waals surface area contributed by atoms with E-state index in [0.717, 1.165) is 17.3 Å². The summed E-state index contributed by atoms with van der Waals surface area (Å²) in [6.07, 6.45) is 3.06. The van der Waals surface area contributed by atoms with E-state index in [-0.39, 0.29) is 12.0 Å². The van der Waals surface area contributed by atoms with Gasteiger partial charge in [0.15, 0.2) is 0 Å². The molecule has 0 aromatic carbocycles. The van der Waals surface area contributed by atoms with Crippen molar-refractivity contribution >= 4 is 27.7 Å². The van der Waals surface area contributed by atoms with E-state index >= 15 is 0 Å². The summed E-state index contributed by atoms with van der Waals surface area (Å²) in [4.78, 5) is 15.7. The number of ether oxygens (including phenoxy) is 1. The smallest absolute Gasteiger partial charge is 0.254 e. The molecule has 1 unspecified atom stereocenters. The molecular weight excluding hydrogens is 260 g/mol. The van der Waals surface area contributed by atoms with E-state index in [1.165, 1.54) is 0 Å². The highest BCUT2D eigenvalue weighted by atomic mass is 79.9. The molecular formula is C10H11BrN2O2. The van der Waals surface area contributed by atoms with Crippen LogP contribution in [0.3, 0.4) is 0 Å². The van der Waals surface area contributed by atoms with Crippen LogP contribution < -0.4 is 5.32 Å². The van der Waals surface area contributed by atoms with Gasteiger partial charge in [0.1, 0.15) is 11.9 Å². The standard InChI is InChI=1S/C10H11BrN2O2/c11-7-3-4-12-9(6-7)13-10(14)8-2-1-5-15-8/h3-4,6,8H,1-2,5H2,(H,12,13,14). The van der Waals surface area contributed by atoms with E-state index in [2.05, 4.69) is 26.2 Å². The van der Waals surface area contributed by atoms with Crippen LogP contribution in [0, 0.1) is 0 Å². The minimum absolute atomic E-state index is 0.113. The van der Waals surface area contributed by atoms with Crippen molar-refractivity contribution in [3.63, 3.8) is 0 Å². The maximum absolute atomic E-state index is 11.6. The Morgan fingerprint density at radius 3 is 3.20 bits per heavy atom. The van der Waals surface area contributed by atoms with Gasteiger partial charge in [0, 0.05) is 17.3 Å². The molecule has 1 aromatic rings. The summed E-state index contributed by atoms with van der Waals surface area (Å²) in [6.45, 7) is 0.671. The molecule has 1 aliphatic heterocycles. The molecule has 0 spiro atoms. The van der Waals surface area contributed by atoms with E-state index in [1.807, 2.05) is 6.07 Å². The van der Waals surface area contributed by atoms with Crippen LogP contribution in [0.15, 0.2) is 22.8 Å². The normalized spacial score (nSPS) is 20.2. The first-order valence-corrected chi connectivity index (χ1v) is 5.59. The molecule has 0 bridgehead atoms. The molecule has 0 radical (unpaired) electrons. The minimum atomic E-state index is -0.314. The Kier molecular flexibility index (Phi) is 3.33. The number of amides is 1. The van der Waals surface area contributed by atoms with Gasteiger partial charge in [-0.3, -0.25) is 4.79 Å². The number of halogens is 1. The van der Waals surface area contributed by atoms with E-state index in [0.29, 0.717) is 12.4 Å². The Morgan fingerprint density at radius 1 is 1.67 bits per heavy atom. The molecule has 1 aromatic heterocycles. The number of nitrogens with zero attached hydrogens (tertiary/aromatic N) is 1. The Morgan fingerprint density at radius 2 is 2.53 bits per heavy atom. The maximum atomic E-state index is 11.6. The summed E-state index contributed by atoms with van der Waals surface area (Å²) in [7, 11) is 0. The summed E-state index contributed by atoms with van der Waals surface area (Å²) in [6, 6.07) is 3.56. The zero-order chi connectivity index (χ0) is 10.7. The van der Waals surface area contributed by atoms with Crippen LogP contribution in [-0.2, 0) is 9.53 Å². The SMILES string of the molecule is O=C(Nc1cc(Br)ccn1)C1CCCO1. The molecule has 1 N–H and O–H groups in total. The van der Waals surface area contributed by atoms with E-state index in [9.17, 15) is 4.79 Å². The maximum Gasteiger partial charge on any atom is 0.254 e. The van der Waals surface area contributed by atoms with Crippen molar-refractivity contribution in [3.8, 4) is 0 Å². The molecule has 0 aliphatic carbocycles. The summed E-state index contributed by atoms with van der Waals surface area (Å²) in [5.74, 6) is 0.433. The Labute approximate surface area is 96.2 Å². The van der Waals surface area contributed by atoms with Gasteiger partial charge in [0.05, 0.1) is 0 Å². The fourth-order valence-corrected chi connectivity index (χ4v) is 1.80. The second kappa shape index (κ2) is 4.72. The molecule has 5 heteroatoms. The van der Waals surface area contributed by atoms with Gasteiger partial charge < -0.3 is 10.1 Å². The lowest BCUT2D eigenvalue weighted by Crippen LogP contribution is -2.27. The highest BCUT2D eigenvalue weighted by Gasteiger charge is 2.23. The summed E-state index contributed by atoms with van der Waals surface area (Å²) >= 11 is 3.31. The monoisotopic (exact) mass is 270 g/mol. The average Bonchev–Trinajstić information content (AvgIpc) is 2.70. The highest BCUT2D eigenvalue weighted by molar-refractivity contribution is 9.10. The number of carbonyl (C=O) groups excluding carboxylic acids is 1. The number of pyridine rings is 1. The number of aromatic nitrogens is 1. The third kappa shape index (κ3) is 2.76. The number of nitrogens with one attached hydrogen (secondary N) is 1. The van der Waals surface area contributed by atoms with Gasteiger partial charge in [-0.1, -0.05) is 15.9 Å². The molecule has 1 fully saturated rings. The first-order valence-electron chi connectivity index (χ1n) is 4.80. The quantitative estimate of drug-likeness (QED) is 0.894. The summed E-state index contributed by atoms with van der Waals surface area (Å²) in [5.41, 5.74) is 0. The third-order valence-electron chi connectivity index (χ3n) is 2.20. The summed E-state index contributed by atoms with van der Waals surface area (Å²) < 4.78 is 6.15. The predicted octanol–water partition coefficient (Wildman–Crippen LogP) is 1.96. The van der Waals surface area contributed by atoms with Gasteiger partial charge in [0.25, 0.3) is 5.91 Å². The molecule has 1 saturated heterocycles. The molecule has 0 saturated carbocycles. The van der Waals surface area contributed by atoms with Gasteiger partial charge in [-0.15, -0.1) is 0 Å². The number of carbonyl (C=O) groups is 1. The first kappa shape index (κ1) is 10.6. The van der Waals surface area contributed by atoms with Crippen molar-refractivity contribution in [1.82, 2.24) is 4.98 Å². The molecule has 1 atom stereocenters. The molecule has 2 heterocycles. The lowest BCUT2D eigenvalue weighted by Gasteiger charge is -2.09. The largest absolute Gasteiger partial charge is 0.368 e. The van der Waals surface area contributed by atoms with Crippen molar-refractivity contribution in [1.29, 1.82) is 0 Å². The molecule has 15 heavy (non-hydrogen) atoms. The fourth-order valence-electron chi connectivity index (χ4n) is 1.46. The molecule has 2 rings (SSSR count). The van der Waals surface area contributed by atoms with Crippen LogP contribution in [0.5, 0.6) is 0 Å². The van der Waals surface area contributed by atoms with E-state index in [1.54, 1.807) is 12.3 Å². The average molecular weight is 271 g/mol. The Hall–Kier alpha value is -0.940. The molecule has 1 amide bonds. The van der Waals surface area contributed by atoms with Crippen LogP contribution >= 0.6 is 15.9 Å². The van der Waals surface area contributed by atoms with Crippen LogP contribution in [0.1, 0.15) is 12.8 Å². The van der Waals surface area contributed by atoms with Crippen molar-refractivity contribution < 1.29 is 9.53 Å². The van der Waals surface area contributed by atoms with Crippen LogP contribution in [-0.4, -0.2) is 23.6 Å². The third-order valence-corrected chi connectivity index (χ3v) is 2.69. The highest BCUT2D eigenvalue weighted by Crippen LogP contribution is 2.16. The molecule has 1 aliphatic rings. The van der Waals surface area contributed by atoms with Gasteiger partial charge >= 0.3 is 0 Å². The van der Waals surface area contributed by atoms with Crippen molar-refractivity contribution in [2.45, 2.75) is 18.9 Å². The second-order valence-electron chi connectivity index (χ2n) is 3.35. The van der Waals surface area contributed by atoms with Gasteiger partial charge in [0.2, 0.25) is 0 Å². The Bertz CT molecular complexity index is 364. The Balaban J connectivity index is 1.99. The van der Waals surface area contributed by atoms with Crippen LogP contribution in [0.4, 0.5) is 5.82 Å². The van der Waals surface area contributed by atoms with E-state index in [4.69, 9.17) is 4.74 Å². The van der Waals surface area contributed by atoms with Crippen molar-refractivity contribution in [2.24, 2.45) is 0 Å². The van der Waals surface area contributed by atoms with Gasteiger partial charge in [-0.05, 0) is 25.0 Å². The van der Waals surface area contributed by atoms with Gasteiger partial charge in [-0.25, -0.2) is 4.98 Å². The first-order chi connectivity index (χ1) is 7.25. The number of hydrogen-bond donors (Lipinski definition) is 1. The number of rotatable bonds is 2. The van der Waals surface area contributed by atoms with Crippen molar-refractivity contribution in [2.75, 3.05) is 11.9 Å². The molecule has 4 nitrogen and oxygen atoms in total. The number of hydrogen-bond acceptors (Lipinski definition) is 3. The van der Waals surface area contributed by atoms with Crippen LogP contribution in [0.2, 0.25) is 0 Å². The van der Waals surface area contributed by atoms with Crippen molar-refractivity contribution in [3.05, 3.63) is 22.8 Å². The molecule has 80 valence electrons. The number of anilines is 1. The second-order valence-corrected chi connectivity index (χ2v) is 4.27. The van der Waals surface area contributed by atoms with Gasteiger partial charge in [-0.2, -0.15) is 0 Å². The van der Waals surface area contributed by atoms with Crippen LogP contribution in [0.25, 0.3) is 0 Å². The van der Waals surface area contributed by atoms with E-state index < -0.39 is 0 Å². The fraction of sp³-hybridized carbons (Fsp3) is 0.400. The zero-order valence-electron chi connectivity index (χ0n) is 8.07. The summed E-state index contributed by atoms with van der Waals surface area (Å²) in [5, 5.41) is 2.72. The lowest BCUT2D eigenvalue weighted by atomic mass is 10.2. The zero-order valence-corrected chi connectivity index (χ0v) is 9.66. The topological polar surface area (TPSA) is 51.2 Å². The lowest BCUT2D eigenvalue weighted by molar-refractivity contribution is -0.124. The minimum Gasteiger partial charge on any atom is -0.368 e. The predicted molar refractivity (Wildman–Crippen MR) is 59.5 cm³/mol.